The van der Waals surface area contributed by atoms with E-state index < -0.39 is 11.7 Å². The average Bonchev–Trinajstić information content (AvgIpc) is 2.61. The van der Waals surface area contributed by atoms with E-state index in [-0.39, 0.29) is 0 Å². The molecule has 0 atom stereocenters. The number of alkyl halides is 3. The van der Waals surface area contributed by atoms with Gasteiger partial charge < -0.3 is 11.1 Å². The van der Waals surface area contributed by atoms with Crippen molar-refractivity contribution in [3.63, 3.8) is 0 Å². The Bertz CT molecular complexity index is 933. The standard InChI is InChI=1S/C19H14F3N3/c20-19(21,22)15-4-1-3-13(10-15)18-16(5-2-8-25-18)12-6-7-17(24)14(9-12)11-23/h1-11,23H,24H2. The number of hydrogen-bond donors (Lipinski definition) is 2. The van der Waals surface area contributed by atoms with Gasteiger partial charge in [-0.05, 0) is 35.9 Å². The fraction of sp³-hybridized carbons (Fsp3) is 0.0526. The highest BCUT2D eigenvalue weighted by Crippen LogP contribution is 2.35. The molecular formula is C19H14F3N3. The molecule has 2 aromatic carbocycles. The maximum absolute atomic E-state index is 13.0. The van der Waals surface area contributed by atoms with Crippen LogP contribution in [-0.2, 0) is 6.18 Å². The second-order valence-corrected chi connectivity index (χ2v) is 5.47. The highest BCUT2D eigenvalue weighted by Gasteiger charge is 2.30. The fourth-order valence-corrected chi connectivity index (χ4v) is 2.58. The van der Waals surface area contributed by atoms with Gasteiger partial charge >= 0.3 is 6.18 Å². The van der Waals surface area contributed by atoms with Crippen LogP contribution in [0.25, 0.3) is 22.4 Å². The van der Waals surface area contributed by atoms with E-state index in [0.717, 1.165) is 23.9 Å². The van der Waals surface area contributed by atoms with Crippen LogP contribution in [-0.4, -0.2) is 11.2 Å². The summed E-state index contributed by atoms with van der Waals surface area (Å²) < 4.78 is 39.0. The van der Waals surface area contributed by atoms with E-state index in [0.29, 0.717) is 28.1 Å². The Morgan fingerprint density at radius 1 is 0.960 bits per heavy atom. The number of hydrogen-bond acceptors (Lipinski definition) is 3. The highest BCUT2D eigenvalue weighted by molar-refractivity contribution is 5.90. The number of halogens is 3. The summed E-state index contributed by atoms with van der Waals surface area (Å²) in [5, 5.41) is 7.41. The molecule has 0 saturated heterocycles. The molecule has 0 aliphatic carbocycles. The second kappa shape index (κ2) is 6.39. The van der Waals surface area contributed by atoms with Gasteiger partial charge in [0, 0.05) is 34.8 Å². The van der Waals surface area contributed by atoms with Gasteiger partial charge in [-0.1, -0.05) is 24.3 Å². The van der Waals surface area contributed by atoms with Crippen LogP contribution in [0.5, 0.6) is 0 Å². The van der Waals surface area contributed by atoms with Crippen LogP contribution in [0, 0.1) is 5.41 Å². The van der Waals surface area contributed by atoms with Crippen molar-refractivity contribution in [3.8, 4) is 22.4 Å². The zero-order valence-electron chi connectivity index (χ0n) is 13.0. The van der Waals surface area contributed by atoms with Crippen LogP contribution >= 0.6 is 0 Å². The van der Waals surface area contributed by atoms with Gasteiger partial charge in [-0.25, -0.2) is 0 Å². The van der Waals surface area contributed by atoms with Crippen LogP contribution in [0.1, 0.15) is 11.1 Å². The lowest BCUT2D eigenvalue weighted by molar-refractivity contribution is -0.137. The van der Waals surface area contributed by atoms with Gasteiger partial charge in [-0.3, -0.25) is 4.98 Å². The number of pyridine rings is 1. The Balaban J connectivity index is 2.16. The third-order valence-corrected chi connectivity index (χ3v) is 3.82. The van der Waals surface area contributed by atoms with Crippen molar-refractivity contribution in [1.29, 1.82) is 5.41 Å². The van der Waals surface area contributed by atoms with Crippen LogP contribution in [0.3, 0.4) is 0 Å². The lowest BCUT2D eigenvalue weighted by Gasteiger charge is -2.12. The molecule has 0 spiro atoms. The molecule has 1 heterocycles. The fourth-order valence-electron chi connectivity index (χ4n) is 2.58. The third kappa shape index (κ3) is 3.38. The third-order valence-electron chi connectivity index (χ3n) is 3.82. The first kappa shape index (κ1) is 16.7. The summed E-state index contributed by atoms with van der Waals surface area (Å²) in [6.45, 7) is 0. The van der Waals surface area contributed by atoms with E-state index in [4.69, 9.17) is 11.1 Å². The van der Waals surface area contributed by atoms with Gasteiger partial charge in [0.25, 0.3) is 0 Å². The Morgan fingerprint density at radius 2 is 1.76 bits per heavy atom. The molecule has 25 heavy (non-hydrogen) atoms. The number of aromatic nitrogens is 1. The summed E-state index contributed by atoms with van der Waals surface area (Å²) in [4.78, 5) is 4.27. The molecule has 0 aliphatic heterocycles. The molecule has 1 aromatic heterocycles. The predicted octanol–water partition coefficient (Wildman–Crippen LogP) is 5.01. The predicted molar refractivity (Wildman–Crippen MR) is 92.4 cm³/mol. The smallest absolute Gasteiger partial charge is 0.398 e. The molecular weight excluding hydrogens is 327 g/mol. The van der Waals surface area contributed by atoms with Crippen LogP contribution in [0.2, 0.25) is 0 Å². The number of rotatable bonds is 3. The van der Waals surface area contributed by atoms with Crippen molar-refractivity contribution in [3.05, 3.63) is 71.9 Å². The van der Waals surface area contributed by atoms with E-state index >= 15 is 0 Å². The molecule has 6 heteroatoms. The zero-order chi connectivity index (χ0) is 18.0. The van der Waals surface area contributed by atoms with E-state index in [1.54, 1.807) is 36.4 Å². The lowest BCUT2D eigenvalue weighted by Crippen LogP contribution is -2.04. The Hall–Kier alpha value is -3.15. The zero-order valence-corrected chi connectivity index (χ0v) is 13.0. The van der Waals surface area contributed by atoms with Crippen molar-refractivity contribution < 1.29 is 13.2 Å². The lowest BCUT2D eigenvalue weighted by atomic mass is 9.96. The summed E-state index contributed by atoms with van der Waals surface area (Å²) >= 11 is 0. The monoisotopic (exact) mass is 341 g/mol. The number of nitrogen functional groups attached to an aromatic ring is 1. The minimum absolute atomic E-state index is 0.374. The quantitative estimate of drug-likeness (QED) is 0.519. The Labute approximate surface area is 142 Å². The van der Waals surface area contributed by atoms with Gasteiger partial charge in [0.1, 0.15) is 0 Å². The molecule has 0 saturated carbocycles. The number of benzene rings is 2. The van der Waals surface area contributed by atoms with Crippen molar-refractivity contribution in [2.24, 2.45) is 0 Å². The maximum atomic E-state index is 13.0. The summed E-state index contributed by atoms with van der Waals surface area (Å²) in [7, 11) is 0. The first-order chi connectivity index (χ1) is 11.9. The molecule has 3 nitrogen and oxygen atoms in total. The Morgan fingerprint density at radius 3 is 2.48 bits per heavy atom. The molecule has 0 unspecified atom stereocenters. The minimum atomic E-state index is -4.42. The molecule has 0 fully saturated rings. The largest absolute Gasteiger partial charge is 0.416 e. The summed E-state index contributed by atoms with van der Waals surface area (Å²) in [5.41, 5.74) is 8.29. The molecule has 3 rings (SSSR count). The van der Waals surface area contributed by atoms with E-state index in [1.165, 1.54) is 12.3 Å². The van der Waals surface area contributed by atoms with Crippen LogP contribution in [0.15, 0.2) is 60.8 Å². The topological polar surface area (TPSA) is 62.8 Å². The summed E-state index contributed by atoms with van der Waals surface area (Å²) in [6.07, 6.45) is -1.74. The van der Waals surface area contributed by atoms with Gasteiger partial charge in [0.2, 0.25) is 0 Å². The van der Waals surface area contributed by atoms with Gasteiger partial charge in [0.05, 0.1) is 11.3 Å². The van der Waals surface area contributed by atoms with Crippen molar-refractivity contribution >= 4 is 11.9 Å². The van der Waals surface area contributed by atoms with Crippen molar-refractivity contribution in [2.75, 3.05) is 5.73 Å². The molecule has 0 amide bonds. The number of nitrogens with one attached hydrogen (secondary N) is 1. The van der Waals surface area contributed by atoms with Gasteiger partial charge in [0.15, 0.2) is 0 Å². The molecule has 0 aliphatic rings. The van der Waals surface area contributed by atoms with Crippen LogP contribution < -0.4 is 5.73 Å². The second-order valence-electron chi connectivity index (χ2n) is 5.47. The minimum Gasteiger partial charge on any atom is -0.398 e. The first-order valence-corrected chi connectivity index (χ1v) is 7.43. The summed E-state index contributed by atoms with van der Waals surface area (Å²) in [5.74, 6) is 0. The maximum Gasteiger partial charge on any atom is 0.416 e. The molecule has 0 radical (unpaired) electrons. The SMILES string of the molecule is N=Cc1cc(-c2cccnc2-c2cccc(C(F)(F)F)c2)ccc1N. The van der Waals surface area contributed by atoms with Crippen LogP contribution in [0.4, 0.5) is 18.9 Å². The molecule has 0 bridgehead atoms. The summed E-state index contributed by atoms with van der Waals surface area (Å²) in [6, 6.07) is 13.7. The number of nitrogens with zero attached hydrogens (tertiary/aromatic N) is 1. The number of anilines is 1. The van der Waals surface area contributed by atoms with Crippen molar-refractivity contribution in [2.45, 2.75) is 6.18 Å². The molecule has 126 valence electrons. The van der Waals surface area contributed by atoms with E-state index in [1.807, 2.05) is 0 Å². The van der Waals surface area contributed by atoms with Gasteiger partial charge in [-0.2, -0.15) is 13.2 Å². The average molecular weight is 341 g/mol. The van der Waals surface area contributed by atoms with E-state index in [9.17, 15) is 13.2 Å². The molecule has 3 N–H and O–H groups in total. The first-order valence-electron chi connectivity index (χ1n) is 7.43. The van der Waals surface area contributed by atoms with E-state index in [2.05, 4.69) is 4.98 Å². The van der Waals surface area contributed by atoms with Gasteiger partial charge in [-0.15, -0.1) is 0 Å². The number of nitrogens with two attached hydrogens (primary N) is 1. The normalized spacial score (nSPS) is 11.3. The molecule has 3 aromatic rings. The highest BCUT2D eigenvalue weighted by atomic mass is 19.4. The van der Waals surface area contributed by atoms with Crippen molar-refractivity contribution in [1.82, 2.24) is 4.98 Å². The Kier molecular flexibility index (Phi) is 4.27.